The van der Waals surface area contributed by atoms with Crippen LogP contribution >= 0.6 is 0 Å². The Morgan fingerprint density at radius 1 is 1.50 bits per heavy atom. The van der Waals surface area contributed by atoms with Gasteiger partial charge in [-0.25, -0.2) is 0 Å². The highest BCUT2D eigenvalue weighted by atomic mass is 16.5. The summed E-state index contributed by atoms with van der Waals surface area (Å²) in [4.78, 5) is 0. The van der Waals surface area contributed by atoms with Crippen molar-refractivity contribution >= 4 is 0 Å². The minimum Gasteiger partial charge on any atom is -0.490 e. The van der Waals surface area contributed by atoms with Gasteiger partial charge in [0.25, 0.3) is 0 Å². The molecule has 0 bridgehead atoms. The molecule has 0 aliphatic carbocycles. The summed E-state index contributed by atoms with van der Waals surface area (Å²) in [5, 5.41) is 0. The van der Waals surface area contributed by atoms with Crippen LogP contribution in [0.4, 0.5) is 0 Å². The number of hydrogen-bond donors (Lipinski definition) is 0. The van der Waals surface area contributed by atoms with Gasteiger partial charge in [0.1, 0.15) is 12.4 Å². The molecule has 0 aliphatic rings. The molecule has 1 heteroatoms. The summed E-state index contributed by atoms with van der Waals surface area (Å²) in [6.45, 7) is 6.30. The average Bonchev–Trinajstić information content (AvgIpc) is 2.15. The third-order valence-corrected chi connectivity index (χ3v) is 1.67. The van der Waals surface area contributed by atoms with Crippen LogP contribution in [-0.2, 0) is 6.42 Å². The van der Waals surface area contributed by atoms with E-state index in [1.807, 2.05) is 12.1 Å². The lowest BCUT2D eigenvalue weighted by Gasteiger charge is -2.03. The standard InChI is InChI=1S/C11H14O/c1-3-8-12-11-7-5-6-10(4-2)9-11/h3,5-7,9H,1,4,8H2,2H3. The van der Waals surface area contributed by atoms with Crippen LogP contribution in [0.3, 0.4) is 0 Å². The van der Waals surface area contributed by atoms with Crippen molar-refractivity contribution in [3.8, 4) is 5.75 Å². The van der Waals surface area contributed by atoms with Crippen LogP contribution in [-0.4, -0.2) is 6.61 Å². The molecule has 1 nitrogen and oxygen atoms in total. The topological polar surface area (TPSA) is 9.23 Å². The fourth-order valence-electron chi connectivity index (χ4n) is 1.01. The van der Waals surface area contributed by atoms with Crippen LogP contribution in [0, 0.1) is 0 Å². The van der Waals surface area contributed by atoms with Crippen molar-refractivity contribution in [1.82, 2.24) is 0 Å². The van der Waals surface area contributed by atoms with Gasteiger partial charge < -0.3 is 4.74 Å². The van der Waals surface area contributed by atoms with E-state index in [4.69, 9.17) is 4.74 Å². The Bertz CT molecular complexity index is 253. The molecule has 0 N–H and O–H groups in total. The highest BCUT2D eigenvalue weighted by Crippen LogP contribution is 2.13. The van der Waals surface area contributed by atoms with Crippen molar-refractivity contribution in [3.05, 3.63) is 42.5 Å². The minimum absolute atomic E-state index is 0.577. The van der Waals surface area contributed by atoms with Crippen molar-refractivity contribution in [2.45, 2.75) is 13.3 Å². The first-order valence-electron chi connectivity index (χ1n) is 4.19. The van der Waals surface area contributed by atoms with Gasteiger partial charge in [0.2, 0.25) is 0 Å². The van der Waals surface area contributed by atoms with Crippen LogP contribution in [0.2, 0.25) is 0 Å². The van der Waals surface area contributed by atoms with E-state index in [0.717, 1.165) is 12.2 Å². The minimum atomic E-state index is 0.577. The zero-order valence-electron chi connectivity index (χ0n) is 7.42. The van der Waals surface area contributed by atoms with E-state index < -0.39 is 0 Å². The lowest BCUT2D eigenvalue weighted by Crippen LogP contribution is -1.93. The van der Waals surface area contributed by atoms with Crippen molar-refractivity contribution in [3.63, 3.8) is 0 Å². The van der Waals surface area contributed by atoms with E-state index >= 15 is 0 Å². The molecule has 12 heavy (non-hydrogen) atoms. The normalized spacial score (nSPS) is 9.42. The van der Waals surface area contributed by atoms with Crippen LogP contribution in [0.15, 0.2) is 36.9 Å². The highest BCUT2D eigenvalue weighted by molar-refractivity contribution is 5.28. The molecule has 0 saturated carbocycles. The van der Waals surface area contributed by atoms with Gasteiger partial charge >= 0.3 is 0 Å². The predicted octanol–water partition coefficient (Wildman–Crippen LogP) is 2.81. The molecular formula is C11H14O. The van der Waals surface area contributed by atoms with Crippen molar-refractivity contribution < 1.29 is 4.74 Å². The van der Waals surface area contributed by atoms with Gasteiger partial charge in [-0.05, 0) is 24.1 Å². The zero-order chi connectivity index (χ0) is 8.81. The Balaban J connectivity index is 2.65. The Morgan fingerprint density at radius 3 is 3.00 bits per heavy atom. The summed E-state index contributed by atoms with van der Waals surface area (Å²) in [5.41, 5.74) is 1.30. The molecule has 0 atom stereocenters. The first-order chi connectivity index (χ1) is 5.86. The molecule has 0 spiro atoms. The largest absolute Gasteiger partial charge is 0.490 e. The molecule has 0 radical (unpaired) electrons. The van der Waals surface area contributed by atoms with Crippen molar-refractivity contribution in [2.24, 2.45) is 0 Å². The van der Waals surface area contributed by atoms with Gasteiger partial charge in [0.05, 0.1) is 0 Å². The van der Waals surface area contributed by atoms with Gasteiger partial charge in [0.15, 0.2) is 0 Å². The van der Waals surface area contributed by atoms with E-state index in [9.17, 15) is 0 Å². The third-order valence-electron chi connectivity index (χ3n) is 1.67. The fraction of sp³-hybridized carbons (Fsp3) is 0.273. The Kier molecular flexibility index (Phi) is 3.39. The maximum Gasteiger partial charge on any atom is 0.120 e. The molecule has 0 amide bonds. The summed E-state index contributed by atoms with van der Waals surface area (Å²) >= 11 is 0. The second-order valence-electron chi connectivity index (χ2n) is 2.60. The fourth-order valence-corrected chi connectivity index (χ4v) is 1.01. The maximum atomic E-state index is 5.38. The number of hydrogen-bond acceptors (Lipinski definition) is 1. The molecule has 0 unspecified atom stereocenters. The molecule has 1 aromatic carbocycles. The number of benzene rings is 1. The number of rotatable bonds is 4. The van der Waals surface area contributed by atoms with E-state index in [0.29, 0.717) is 6.61 Å². The summed E-state index contributed by atoms with van der Waals surface area (Å²) in [6.07, 6.45) is 2.80. The highest BCUT2D eigenvalue weighted by Gasteiger charge is 1.92. The van der Waals surface area contributed by atoms with E-state index in [-0.39, 0.29) is 0 Å². The molecule has 1 aromatic rings. The lowest BCUT2D eigenvalue weighted by atomic mass is 10.2. The first kappa shape index (κ1) is 8.85. The maximum absolute atomic E-state index is 5.38. The molecule has 0 saturated heterocycles. The van der Waals surface area contributed by atoms with Crippen molar-refractivity contribution in [2.75, 3.05) is 6.61 Å². The van der Waals surface area contributed by atoms with Gasteiger partial charge in [-0.1, -0.05) is 31.7 Å². The molecule has 0 heterocycles. The van der Waals surface area contributed by atoms with Gasteiger partial charge in [-0.2, -0.15) is 0 Å². The average molecular weight is 162 g/mol. The quantitative estimate of drug-likeness (QED) is 0.618. The van der Waals surface area contributed by atoms with Crippen LogP contribution < -0.4 is 4.74 Å². The molecule has 64 valence electrons. The Hall–Kier alpha value is -1.24. The number of ether oxygens (including phenoxy) is 1. The Labute approximate surface area is 73.7 Å². The summed E-state index contributed by atoms with van der Waals surface area (Å²) in [6, 6.07) is 8.13. The number of aryl methyl sites for hydroxylation is 1. The van der Waals surface area contributed by atoms with Crippen LogP contribution in [0.1, 0.15) is 12.5 Å². The third kappa shape index (κ3) is 2.42. The van der Waals surface area contributed by atoms with E-state index in [2.05, 4.69) is 25.6 Å². The molecule has 0 fully saturated rings. The predicted molar refractivity (Wildman–Crippen MR) is 51.5 cm³/mol. The lowest BCUT2D eigenvalue weighted by molar-refractivity contribution is 0.363. The smallest absolute Gasteiger partial charge is 0.120 e. The van der Waals surface area contributed by atoms with Gasteiger partial charge in [-0.3, -0.25) is 0 Å². The zero-order valence-corrected chi connectivity index (χ0v) is 7.42. The van der Waals surface area contributed by atoms with Gasteiger partial charge in [-0.15, -0.1) is 0 Å². The summed E-state index contributed by atoms with van der Waals surface area (Å²) < 4.78 is 5.38. The van der Waals surface area contributed by atoms with Gasteiger partial charge in [0, 0.05) is 0 Å². The second-order valence-corrected chi connectivity index (χ2v) is 2.60. The first-order valence-corrected chi connectivity index (χ1v) is 4.19. The molecule has 0 aliphatic heterocycles. The monoisotopic (exact) mass is 162 g/mol. The SMILES string of the molecule is C=CCOc1cccc(CC)c1. The second kappa shape index (κ2) is 4.60. The van der Waals surface area contributed by atoms with Crippen LogP contribution in [0.25, 0.3) is 0 Å². The summed E-state index contributed by atoms with van der Waals surface area (Å²) in [7, 11) is 0. The van der Waals surface area contributed by atoms with E-state index in [1.165, 1.54) is 5.56 Å². The Morgan fingerprint density at radius 2 is 2.33 bits per heavy atom. The van der Waals surface area contributed by atoms with E-state index in [1.54, 1.807) is 6.08 Å². The molecule has 1 rings (SSSR count). The van der Waals surface area contributed by atoms with Crippen molar-refractivity contribution in [1.29, 1.82) is 0 Å². The molecule has 0 aromatic heterocycles. The summed E-state index contributed by atoms with van der Waals surface area (Å²) in [5.74, 6) is 0.925. The molecular weight excluding hydrogens is 148 g/mol. The van der Waals surface area contributed by atoms with Crippen LogP contribution in [0.5, 0.6) is 5.75 Å².